The van der Waals surface area contributed by atoms with Crippen LogP contribution >= 0.6 is 23.2 Å². The Hall–Kier alpha value is -2.15. The summed E-state index contributed by atoms with van der Waals surface area (Å²) in [5.41, 5.74) is 1.77. The van der Waals surface area contributed by atoms with Crippen LogP contribution < -0.4 is 0 Å². The van der Waals surface area contributed by atoms with E-state index in [1.165, 1.54) is 6.42 Å². The smallest absolute Gasteiger partial charge is 0.247 e. The zero-order valence-corrected chi connectivity index (χ0v) is 21.9. The Kier molecular flexibility index (Phi) is 9.34. The maximum atomic E-state index is 12.5. The van der Waals surface area contributed by atoms with Gasteiger partial charge in [0.05, 0.1) is 12.7 Å². The number of hydrogen-bond acceptors (Lipinski definition) is 4. The number of aryl methyl sites for hydroxylation is 1. The van der Waals surface area contributed by atoms with Gasteiger partial charge in [0.2, 0.25) is 5.91 Å². The van der Waals surface area contributed by atoms with Crippen LogP contribution in [0, 0.1) is 0 Å². The topological polar surface area (TPSA) is 58.4 Å². The van der Waals surface area contributed by atoms with Gasteiger partial charge in [-0.3, -0.25) is 14.5 Å². The quantitative estimate of drug-likeness (QED) is 0.403. The van der Waals surface area contributed by atoms with Gasteiger partial charge in [-0.2, -0.15) is 0 Å². The van der Waals surface area contributed by atoms with Crippen molar-refractivity contribution in [2.24, 2.45) is 0 Å². The lowest BCUT2D eigenvalue weighted by Crippen LogP contribution is -2.44. The van der Waals surface area contributed by atoms with Crippen molar-refractivity contribution in [3.8, 4) is 0 Å². The van der Waals surface area contributed by atoms with Crippen molar-refractivity contribution in [1.82, 2.24) is 19.4 Å². The lowest BCUT2D eigenvalue weighted by Gasteiger charge is -2.34. The summed E-state index contributed by atoms with van der Waals surface area (Å²) in [7, 11) is 2.09. The molecule has 2 aliphatic rings. The summed E-state index contributed by atoms with van der Waals surface area (Å²) in [5, 5.41) is 1.58. The highest BCUT2D eigenvalue weighted by Gasteiger charge is 2.29. The lowest BCUT2D eigenvalue weighted by atomic mass is 10.1. The third-order valence-corrected chi connectivity index (χ3v) is 7.04. The first-order valence-electron chi connectivity index (χ1n) is 11.9. The molecule has 1 aromatic carbocycles. The van der Waals surface area contributed by atoms with E-state index in [2.05, 4.69) is 23.9 Å². The van der Waals surface area contributed by atoms with Crippen LogP contribution in [0.25, 0.3) is 0 Å². The third-order valence-electron chi connectivity index (χ3n) is 6.44. The summed E-state index contributed by atoms with van der Waals surface area (Å²) in [6.07, 6.45) is 9.73. The van der Waals surface area contributed by atoms with Crippen molar-refractivity contribution in [2.45, 2.75) is 71.6 Å². The number of hydrogen-bond donors (Lipinski definition) is 0. The molecule has 184 valence electrons. The number of carbonyl (C=O) groups excluding carboxylic acids is 2. The number of Topliss-reactive ketones (excluding diaryl/α,β-unsaturated/α-hetero) is 1. The SMILES string of the molecule is CC(=O)c1cnc2n1CC(C)N(C(=O)/C=C/C1CCCN1C)C2.CCCc1cc(Cl)ccc1Cl. The van der Waals surface area contributed by atoms with Crippen molar-refractivity contribution in [3.05, 3.63) is 63.7 Å². The zero-order valence-electron chi connectivity index (χ0n) is 20.4. The van der Waals surface area contributed by atoms with Gasteiger partial charge in [-0.25, -0.2) is 4.98 Å². The number of carbonyl (C=O) groups is 2. The molecule has 2 aliphatic heterocycles. The van der Waals surface area contributed by atoms with Crippen molar-refractivity contribution >= 4 is 34.9 Å². The van der Waals surface area contributed by atoms with Gasteiger partial charge in [0.15, 0.2) is 5.78 Å². The summed E-state index contributed by atoms with van der Waals surface area (Å²) in [6.45, 7) is 7.85. The molecule has 0 bridgehead atoms. The Balaban J connectivity index is 0.000000248. The monoisotopic (exact) mass is 504 g/mol. The maximum Gasteiger partial charge on any atom is 0.247 e. The minimum absolute atomic E-state index is 0.0138. The molecule has 2 atom stereocenters. The van der Waals surface area contributed by atoms with Gasteiger partial charge in [-0.1, -0.05) is 42.6 Å². The van der Waals surface area contributed by atoms with Crippen LogP contribution in [0.15, 0.2) is 36.5 Å². The molecule has 0 N–H and O–H groups in total. The number of ketones is 1. The van der Waals surface area contributed by atoms with E-state index in [1.807, 2.05) is 40.7 Å². The molecule has 8 heteroatoms. The molecule has 0 saturated carbocycles. The number of rotatable bonds is 5. The van der Waals surface area contributed by atoms with Gasteiger partial charge in [0, 0.05) is 41.7 Å². The first kappa shape index (κ1) is 26.5. The third kappa shape index (κ3) is 6.49. The van der Waals surface area contributed by atoms with E-state index < -0.39 is 0 Å². The van der Waals surface area contributed by atoms with Gasteiger partial charge < -0.3 is 9.47 Å². The summed E-state index contributed by atoms with van der Waals surface area (Å²) in [4.78, 5) is 32.6. The number of halogens is 2. The predicted octanol–water partition coefficient (Wildman–Crippen LogP) is 5.41. The predicted molar refractivity (Wildman–Crippen MR) is 137 cm³/mol. The van der Waals surface area contributed by atoms with Gasteiger partial charge in [0.1, 0.15) is 11.5 Å². The highest BCUT2D eigenvalue weighted by Crippen LogP contribution is 2.22. The van der Waals surface area contributed by atoms with Crippen LogP contribution in [0.4, 0.5) is 0 Å². The normalized spacial score (nSPS) is 20.2. The van der Waals surface area contributed by atoms with E-state index in [4.69, 9.17) is 23.2 Å². The van der Waals surface area contributed by atoms with E-state index in [0.717, 1.165) is 47.2 Å². The van der Waals surface area contributed by atoms with E-state index in [-0.39, 0.29) is 17.7 Å². The number of benzene rings is 1. The molecule has 2 aromatic rings. The molecule has 1 saturated heterocycles. The van der Waals surface area contributed by atoms with E-state index in [0.29, 0.717) is 24.8 Å². The fourth-order valence-corrected chi connectivity index (χ4v) is 4.87. The maximum absolute atomic E-state index is 12.5. The minimum Gasteiger partial charge on any atom is -0.327 e. The van der Waals surface area contributed by atoms with Gasteiger partial charge in [-0.15, -0.1) is 0 Å². The highest BCUT2D eigenvalue weighted by molar-refractivity contribution is 6.33. The number of fused-ring (bicyclic) bond motifs is 1. The van der Waals surface area contributed by atoms with Gasteiger partial charge >= 0.3 is 0 Å². The summed E-state index contributed by atoms with van der Waals surface area (Å²) < 4.78 is 1.94. The van der Waals surface area contributed by atoms with Crippen molar-refractivity contribution in [2.75, 3.05) is 13.6 Å². The molecule has 3 heterocycles. The summed E-state index contributed by atoms with van der Waals surface area (Å²) in [5.74, 6) is 0.823. The van der Waals surface area contributed by atoms with Crippen molar-refractivity contribution in [1.29, 1.82) is 0 Å². The Labute approximate surface area is 212 Å². The number of imidazole rings is 1. The minimum atomic E-state index is 0.0138. The van der Waals surface area contributed by atoms with Crippen LogP contribution in [0.5, 0.6) is 0 Å². The fraction of sp³-hybridized carbons (Fsp3) is 0.500. The Morgan fingerprint density at radius 1 is 1.26 bits per heavy atom. The average molecular weight is 505 g/mol. The van der Waals surface area contributed by atoms with Gasteiger partial charge in [0.25, 0.3) is 0 Å². The second-order valence-corrected chi connectivity index (χ2v) is 9.92. The second kappa shape index (κ2) is 12.0. The number of amides is 1. The van der Waals surface area contributed by atoms with Crippen LogP contribution in [0.1, 0.15) is 61.9 Å². The Morgan fingerprint density at radius 3 is 2.68 bits per heavy atom. The van der Waals surface area contributed by atoms with Gasteiger partial charge in [-0.05, 0) is 63.5 Å². The Morgan fingerprint density at radius 2 is 2.03 bits per heavy atom. The number of likely N-dealkylation sites (N-methyl/N-ethyl adjacent to an activating group) is 1. The van der Waals surface area contributed by atoms with E-state index in [1.54, 1.807) is 19.2 Å². The van der Waals surface area contributed by atoms with Crippen LogP contribution in [-0.4, -0.2) is 56.7 Å². The van der Waals surface area contributed by atoms with Crippen LogP contribution in [0.3, 0.4) is 0 Å². The molecule has 4 rings (SSSR count). The molecule has 1 amide bonds. The molecule has 0 radical (unpaired) electrons. The largest absolute Gasteiger partial charge is 0.327 e. The first-order valence-corrected chi connectivity index (χ1v) is 12.6. The summed E-state index contributed by atoms with van der Waals surface area (Å²) in [6, 6.07) is 5.99. The van der Waals surface area contributed by atoms with Crippen molar-refractivity contribution < 1.29 is 9.59 Å². The lowest BCUT2D eigenvalue weighted by molar-refractivity contribution is -0.129. The molecule has 1 fully saturated rings. The molecule has 34 heavy (non-hydrogen) atoms. The van der Waals surface area contributed by atoms with E-state index in [9.17, 15) is 9.59 Å². The van der Waals surface area contributed by atoms with Crippen LogP contribution in [-0.2, 0) is 24.3 Å². The first-order chi connectivity index (χ1) is 16.2. The number of aromatic nitrogens is 2. The van der Waals surface area contributed by atoms with Crippen molar-refractivity contribution in [3.63, 3.8) is 0 Å². The molecular formula is C26H34Cl2N4O2. The summed E-state index contributed by atoms with van der Waals surface area (Å²) >= 11 is 11.7. The number of likely N-dealkylation sites (tertiary alicyclic amines) is 1. The molecule has 6 nitrogen and oxygen atoms in total. The molecule has 1 aromatic heterocycles. The standard InChI is InChI=1S/C17H24N4O2.C9H10Cl2/c1-12-10-21-15(13(2)22)9-18-16(21)11-20(12)17(23)7-6-14-5-4-8-19(14)3;1-2-3-7-6-8(10)4-5-9(7)11/h6-7,9,12,14H,4-5,8,10-11H2,1-3H3;4-6H,2-3H2,1H3/b7-6+;. The van der Waals surface area contributed by atoms with E-state index >= 15 is 0 Å². The second-order valence-electron chi connectivity index (χ2n) is 9.08. The molecule has 0 spiro atoms. The van der Waals surface area contributed by atoms with Crippen LogP contribution in [0.2, 0.25) is 10.0 Å². The molecule has 2 unspecified atom stereocenters. The average Bonchev–Trinajstić information content (AvgIpc) is 3.40. The Bertz CT molecular complexity index is 1050. The number of nitrogens with zero attached hydrogens (tertiary/aromatic N) is 4. The fourth-order valence-electron chi connectivity index (χ4n) is 4.46. The highest BCUT2D eigenvalue weighted by atomic mass is 35.5. The molecular weight excluding hydrogens is 471 g/mol. The molecule has 0 aliphatic carbocycles. The zero-order chi connectivity index (χ0) is 24.8.